The first-order valence-electron chi connectivity index (χ1n) is 5.15. The highest BCUT2D eigenvalue weighted by molar-refractivity contribution is 5.15. The molecular formula is C12H18O. The summed E-state index contributed by atoms with van der Waals surface area (Å²) >= 11 is 0. The molecule has 1 nitrogen and oxygen atoms in total. The summed E-state index contributed by atoms with van der Waals surface area (Å²) < 4.78 is 0. The van der Waals surface area contributed by atoms with E-state index in [2.05, 4.69) is 18.2 Å². The van der Waals surface area contributed by atoms with Gasteiger partial charge in [0.1, 0.15) is 0 Å². The minimum Gasteiger partial charge on any atom is -0.386 e. The maximum atomic E-state index is 9.54. The second kappa shape index (κ2) is 2.98. The van der Waals surface area contributed by atoms with Crippen molar-refractivity contribution < 1.29 is 5.11 Å². The number of aliphatic hydroxyl groups is 1. The molecule has 1 heteroatoms. The lowest BCUT2D eigenvalue weighted by atomic mass is 9.92. The van der Waals surface area contributed by atoms with E-state index in [1.807, 2.05) is 19.9 Å². The third kappa shape index (κ3) is 2.02. The molecule has 0 aliphatic heterocycles. The molecule has 2 aliphatic carbocycles. The summed E-state index contributed by atoms with van der Waals surface area (Å²) in [7, 11) is 0. The maximum absolute atomic E-state index is 9.54. The third-order valence-corrected chi connectivity index (χ3v) is 3.08. The molecule has 0 heterocycles. The molecule has 3 atom stereocenters. The zero-order valence-electron chi connectivity index (χ0n) is 8.40. The number of hydrogen-bond acceptors (Lipinski definition) is 1. The SMILES string of the molecule is CC(C)(O)C=CC1CC2C=CC1C2. The van der Waals surface area contributed by atoms with E-state index in [4.69, 9.17) is 0 Å². The van der Waals surface area contributed by atoms with Crippen molar-refractivity contribution in [3.63, 3.8) is 0 Å². The van der Waals surface area contributed by atoms with Crippen LogP contribution in [0.4, 0.5) is 0 Å². The van der Waals surface area contributed by atoms with Crippen LogP contribution in [0.25, 0.3) is 0 Å². The minimum atomic E-state index is -0.647. The fourth-order valence-corrected chi connectivity index (χ4v) is 2.40. The van der Waals surface area contributed by atoms with Gasteiger partial charge in [0.2, 0.25) is 0 Å². The van der Waals surface area contributed by atoms with E-state index in [0.29, 0.717) is 5.92 Å². The molecule has 2 bridgehead atoms. The molecule has 1 fully saturated rings. The molecule has 0 aromatic carbocycles. The molecule has 1 saturated carbocycles. The van der Waals surface area contributed by atoms with Crippen LogP contribution in [0.5, 0.6) is 0 Å². The predicted octanol–water partition coefficient (Wildman–Crippen LogP) is 2.53. The summed E-state index contributed by atoms with van der Waals surface area (Å²) in [5.74, 6) is 2.26. The van der Waals surface area contributed by atoms with Gasteiger partial charge in [-0.3, -0.25) is 0 Å². The molecule has 13 heavy (non-hydrogen) atoms. The minimum absolute atomic E-state index is 0.647. The average molecular weight is 178 g/mol. The first kappa shape index (κ1) is 9.01. The molecule has 0 radical (unpaired) electrons. The van der Waals surface area contributed by atoms with E-state index < -0.39 is 5.60 Å². The second-order valence-electron chi connectivity index (χ2n) is 4.96. The van der Waals surface area contributed by atoms with Gasteiger partial charge >= 0.3 is 0 Å². The lowest BCUT2D eigenvalue weighted by Crippen LogP contribution is -2.15. The lowest BCUT2D eigenvalue weighted by Gasteiger charge is -2.16. The average Bonchev–Trinajstić information content (AvgIpc) is 2.58. The Morgan fingerprint density at radius 2 is 2.08 bits per heavy atom. The Balaban J connectivity index is 1.97. The maximum Gasteiger partial charge on any atom is 0.0771 e. The van der Waals surface area contributed by atoms with Crippen LogP contribution in [-0.4, -0.2) is 10.7 Å². The molecule has 72 valence electrons. The second-order valence-corrected chi connectivity index (χ2v) is 4.96. The van der Waals surface area contributed by atoms with Crippen molar-refractivity contribution in [1.82, 2.24) is 0 Å². The highest BCUT2D eigenvalue weighted by Gasteiger charge is 2.33. The van der Waals surface area contributed by atoms with E-state index in [0.717, 1.165) is 11.8 Å². The van der Waals surface area contributed by atoms with Crippen LogP contribution in [0.15, 0.2) is 24.3 Å². The van der Waals surface area contributed by atoms with Crippen molar-refractivity contribution in [3.05, 3.63) is 24.3 Å². The topological polar surface area (TPSA) is 20.2 Å². The fourth-order valence-electron chi connectivity index (χ4n) is 2.40. The molecular weight excluding hydrogens is 160 g/mol. The summed E-state index contributed by atoms with van der Waals surface area (Å²) in [5.41, 5.74) is -0.647. The summed E-state index contributed by atoms with van der Waals surface area (Å²) in [4.78, 5) is 0. The summed E-state index contributed by atoms with van der Waals surface area (Å²) in [5, 5.41) is 9.54. The van der Waals surface area contributed by atoms with Crippen molar-refractivity contribution in [2.45, 2.75) is 32.3 Å². The van der Waals surface area contributed by atoms with E-state index in [9.17, 15) is 5.11 Å². The smallest absolute Gasteiger partial charge is 0.0771 e. The fraction of sp³-hybridized carbons (Fsp3) is 0.667. The Hall–Kier alpha value is -0.560. The van der Waals surface area contributed by atoms with Gasteiger partial charge in [0.15, 0.2) is 0 Å². The Kier molecular flexibility index (Phi) is 2.07. The van der Waals surface area contributed by atoms with Crippen molar-refractivity contribution in [2.75, 3.05) is 0 Å². The predicted molar refractivity (Wildman–Crippen MR) is 54.3 cm³/mol. The molecule has 0 spiro atoms. The van der Waals surface area contributed by atoms with Gasteiger partial charge in [0.25, 0.3) is 0 Å². The van der Waals surface area contributed by atoms with Crippen LogP contribution in [0.2, 0.25) is 0 Å². The lowest BCUT2D eigenvalue weighted by molar-refractivity contribution is 0.132. The first-order valence-corrected chi connectivity index (χ1v) is 5.15. The third-order valence-electron chi connectivity index (χ3n) is 3.08. The van der Waals surface area contributed by atoms with Gasteiger partial charge in [-0.1, -0.05) is 24.3 Å². The van der Waals surface area contributed by atoms with Gasteiger partial charge in [0.05, 0.1) is 5.60 Å². The van der Waals surface area contributed by atoms with E-state index in [1.165, 1.54) is 12.8 Å². The summed E-state index contributed by atoms with van der Waals surface area (Å²) in [6.07, 6.45) is 11.4. The molecule has 2 aliphatic rings. The van der Waals surface area contributed by atoms with Crippen LogP contribution in [0.3, 0.4) is 0 Å². The van der Waals surface area contributed by atoms with Crippen molar-refractivity contribution in [3.8, 4) is 0 Å². The number of hydrogen-bond donors (Lipinski definition) is 1. The van der Waals surface area contributed by atoms with Crippen LogP contribution >= 0.6 is 0 Å². The standard InChI is InChI=1S/C12H18O/c1-12(2,13)6-5-11-8-9-3-4-10(11)7-9/h3-6,9-11,13H,7-8H2,1-2H3. The van der Waals surface area contributed by atoms with E-state index >= 15 is 0 Å². The Bertz CT molecular complexity index is 244. The highest BCUT2D eigenvalue weighted by atomic mass is 16.3. The van der Waals surface area contributed by atoms with Crippen molar-refractivity contribution in [1.29, 1.82) is 0 Å². The quantitative estimate of drug-likeness (QED) is 0.644. The van der Waals surface area contributed by atoms with E-state index in [-0.39, 0.29) is 0 Å². The molecule has 2 rings (SSSR count). The van der Waals surface area contributed by atoms with Crippen LogP contribution < -0.4 is 0 Å². The summed E-state index contributed by atoms with van der Waals surface area (Å²) in [6, 6.07) is 0. The van der Waals surface area contributed by atoms with Gasteiger partial charge in [-0.2, -0.15) is 0 Å². The van der Waals surface area contributed by atoms with Crippen molar-refractivity contribution >= 4 is 0 Å². The van der Waals surface area contributed by atoms with Gasteiger partial charge in [-0.05, 0) is 44.4 Å². The molecule has 0 aromatic heterocycles. The zero-order valence-corrected chi connectivity index (χ0v) is 8.40. The Morgan fingerprint density at radius 3 is 2.54 bits per heavy atom. The van der Waals surface area contributed by atoms with Crippen LogP contribution in [0.1, 0.15) is 26.7 Å². The Morgan fingerprint density at radius 1 is 1.31 bits per heavy atom. The molecule has 3 unspecified atom stereocenters. The number of fused-ring (bicyclic) bond motifs is 2. The highest BCUT2D eigenvalue weighted by Crippen LogP contribution is 2.44. The molecule has 1 N–H and O–H groups in total. The number of rotatable bonds is 2. The van der Waals surface area contributed by atoms with Gasteiger partial charge in [-0.15, -0.1) is 0 Å². The van der Waals surface area contributed by atoms with Crippen molar-refractivity contribution in [2.24, 2.45) is 17.8 Å². The summed E-state index contributed by atoms with van der Waals surface area (Å²) in [6.45, 7) is 3.65. The number of allylic oxidation sites excluding steroid dienone is 3. The molecule has 0 aromatic rings. The molecule has 0 amide bonds. The van der Waals surface area contributed by atoms with Gasteiger partial charge < -0.3 is 5.11 Å². The zero-order chi connectivity index (χ0) is 9.47. The van der Waals surface area contributed by atoms with Crippen LogP contribution in [-0.2, 0) is 0 Å². The monoisotopic (exact) mass is 178 g/mol. The van der Waals surface area contributed by atoms with Crippen LogP contribution in [0, 0.1) is 17.8 Å². The van der Waals surface area contributed by atoms with E-state index in [1.54, 1.807) is 0 Å². The first-order chi connectivity index (χ1) is 6.04. The largest absolute Gasteiger partial charge is 0.386 e. The van der Waals surface area contributed by atoms with Gasteiger partial charge in [0, 0.05) is 0 Å². The Labute approximate surface area is 80.2 Å². The molecule has 0 saturated heterocycles. The van der Waals surface area contributed by atoms with Gasteiger partial charge in [-0.25, -0.2) is 0 Å². The normalized spacial score (nSPS) is 37.9.